The van der Waals surface area contributed by atoms with Crippen molar-refractivity contribution in [3.8, 4) is 11.5 Å². The molecule has 0 saturated heterocycles. The average Bonchev–Trinajstić information content (AvgIpc) is 2.20. The minimum atomic E-state index is -0.120. The normalized spacial score (nSPS) is 10.6. The second-order valence-corrected chi connectivity index (χ2v) is 4.23. The van der Waals surface area contributed by atoms with Crippen LogP contribution in [0.1, 0.15) is 31.7 Å². The van der Waals surface area contributed by atoms with E-state index in [1.165, 1.54) is 0 Å². The molecule has 0 aliphatic carbocycles. The monoisotopic (exact) mass is 248 g/mol. The third kappa shape index (κ3) is 2.93. The number of phenols is 2. The third-order valence-electron chi connectivity index (χ3n) is 2.28. The van der Waals surface area contributed by atoms with Gasteiger partial charge in [0.1, 0.15) is 11.5 Å². The summed E-state index contributed by atoms with van der Waals surface area (Å²) in [5, 5.41) is 19.3. The molecule has 2 nitrogen and oxygen atoms in total. The highest BCUT2D eigenvalue weighted by Gasteiger charge is 2.14. The van der Waals surface area contributed by atoms with E-state index in [1.54, 1.807) is 0 Å². The van der Waals surface area contributed by atoms with Gasteiger partial charge in [0.2, 0.25) is 0 Å². The van der Waals surface area contributed by atoms with E-state index in [-0.39, 0.29) is 21.5 Å². The molecule has 1 rings (SSSR count). The van der Waals surface area contributed by atoms with Crippen LogP contribution in [0.25, 0.3) is 0 Å². The first-order valence-corrected chi connectivity index (χ1v) is 5.72. The molecular weight excluding hydrogens is 235 g/mol. The van der Waals surface area contributed by atoms with Crippen LogP contribution < -0.4 is 0 Å². The van der Waals surface area contributed by atoms with Crippen molar-refractivity contribution in [2.75, 3.05) is 0 Å². The van der Waals surface area contributed by atoms with Crippen LogP contribution in [0.4, 0.5) is 0 Å². The number of hydrogen-bond donors (Lipinski definition) is 2. The number of hydrogen-bond acceptors (Lipinski definition) is 2. The van der Waals surface area contributed by atoms with Crippen LogP contribution in [-0.4, -0.2) is 10.2 Å². The van der Waals surface area contributed by atoms with Gasteiger partial charge in [0.25, 0.3) is 0 Å². The van der Waals surface area contributed by atoms with Crippen molar-refractivity contribution in [1.29, 1.82) is 0 Å². The molecule has 1 aromatic carbocycles. The zero-order valence-corrected chi connectivity index (χ0v) is 10.1. The fourth-order valence-electron chi connectivity index (χ4n) is 1.43. The summed E-state index contributed by atoms with van der Waals surface area (Å²) in [6, 6.07) is 1.16. The molecule has 0 aliphatic rings. The van der Waals surface area contributed by atoms with E-state index in [4.69, 9.17) is 23.2 Å². The minimum Gasteiger partial charge on any atom is -0.506 e. The summed E-state index contributed by atoms with van der Waals surface area (Å²) in [4.78, 5) is 0. The van der Waals surface area contributed by atoms with E-state index in [9.17, 15) is 10.2 Å². The SMILES string of the molecule is CCCCCc1c(Cl)c(O)cc(O)c1Cl. The molecule has 2 N–H and O–H groups in total. The molecule has 0 amide bonds. The van der Waals surface area contributed by atoms with E-state index in [2.05, 4.69) is 6.92 Å². The van der Waals surface area contributed by atoms with Crippen LogP contribution in [0.5, 0.6) is 11.5 Å². The Morgan fingerprint density at radius 2 is 1.60 bits per heavy atom. The second kappa shape index (κ2) is 5.47. The van der Waals surface area contributed by atoms with Crippen molar-refractivity contribution in [3.05, 3.63) is 21.7 Å². The zero-order valence-electron chi connectivity index (χ0n) is 8.56. The van der Waals surface area contributed by atoms with Crippen LogP contribution in [0.3, 0.4) is 0 Å². The molecule has 0 unspecified atom stereocenters. The minimum absolute atomic E-state index is 0.120. The fraction of sp³-hybridized carbons (Fsp3) is 0.455. The maximum atomic E-state index is 9.41. The van der Waals surface area contributed by atoms with Crippen molar-refractivity contribution in [2.45, 2.75) is 32.6 Å². The lowest BCUT2D eigenvalue weighted by Gasteiger charge is -2.09. The van der Waals surface area contributed by atoms with Gasteiger partial charge >= 0.3 is 0 Å². The predicted molar refractivity (Wildman–Crippen MR) is 63.0 cm³/mol. The number of benzene rings is 1. The van der Waals surface area contributed by atoms with E-state index in [0.717, 1.165) is 25.3 Å². The van der Waals surface area contributed by atoms with Gasteiger partial charge in [0.15, 0.2) is 0 Å². The summed E-state index contributed by atoms with van der Waals surface area (Å²) in [5.74, 6) is -0.241. The first-order chi connectivity index (χ1) is 7.07. The van der Waals surface area contributed by atoms with Gasteiger partial charge in [0, 0.05) is 6.07 Å². The molecular formula is C11H14Cl2O2. The number of halogens is 2. The van der Waals surface area contributed by atoms with Crippen LogP contribution >= 0.6 is 23.2 Å². The van der Waals surface area contributed by atoms with Crippen molar-refractivity contribution in [3.63, 3.8) is 0 Å². The van der Waals surface area contributed by atoms with E-state index < -0.39 is 0 Å². The molecule has 0 radical (unpaired) electrons. The van der Waals surface area contributed by atoms with Gasteiger partial charge in [-0.05, 0) is 18.4 Å². The first-order valence-electron chi connectivity index (χ1n) is 4.96. The first kappa shape index (κ1) is 12.5. The second-order valence-electron chi connectivity index (χ2n) is 3.48. The van der Waals surface area contributed by atoms with Crippen LogP contribution in [0.15, 0.2) is 6.07 Å². The Labute approximate surface area is 99.5 Å². The van der Waals surface area contributed by atoms with Gasteiger partial charge < -0.3 is 10.2 Å². The topological polar surface area (TPSA) is 40.5 Å². The van der Waals surface area contributed by atoms with Crippen molar-refractivity contribution >= 4 is 23.2 Å². The maximum Gasteiger partial charge on any atom is 0.138 e. The summed E-state index contributed by atoms with van der Waals surface area (Å²) in [5.41, 5.74) is 0.629. The molecule has 0 aliphatic heterocycles. The van der Waals surface area contributed by atoms with Crippen molar-refractivity contribution in [1.82, 2.24) is 0 Å². The molecule has 0 fully saturated rings. The van der Waals surface area contributed by atoms with Gasteiger partial charge in [-0.2, -0.15) is 0 Å². The molecule has 0 aromatic heterocycles. The van der Waals surface area contributed by atoms with Gasteiger partial charge in [-0.1, -0.05) is 43.0 Å². The summed E-state index contributed by atoms with van der Waals surface area (Å²) in [6.45, 7) is 2.10. The maximum absolute atomic E-state index is 9.41. The van der Waals surface area contributed by atoms with Crippen molar-refractivity contribution < 1.29 is 10.2 Å². The lowest BCUT2D eigenvalue weighted by molar-refractivity contribution is 0.449. The standard InChI is InChI=1S/C11H14Cl2O2/c1-2-3-4-5-7-10(12)8(14)6-9(15)11(7)13/h6,14-15H,2-5H2,1H3. The van der Waals surface area contributed by atoms with Gasteiger partial charge in [-0.25, -0.2) is 0 Å². The summed E-state index contributed by atoms with van der Waals surface area (Å²) < 4.78 is 0. The number of rotatable bonds is 4. The van der Waals surface area contributed by atoms with Gasteiger partial charge in [0.05, 0.1) is 10.0 Å². The van der Waals surface area contributed by atoms with E-state index in [1.807, 2.05) is 0 Å². The number of unbranched alkanes of at least 4 members (excludes halogenated alkanes) is 2. The van der Waals surface area contributed by atoms with Crippen LogP contribution in [-0.2, 0) is 6.42 Å². The Morgan fingerprint density at radius 1 is 1.07 bits per heavy atom. The largest absolute Gasteiger partial charge is 0.506 e. The molecule has 0 saturated carbocycles. The van der Waals surface area contributed by atoms with Gasteiger partial charge in [-0.3, -0.25) is 0 Å². The Hall–Kier alpha value is -0.600. The Balaban J connectivity index is 2.94. The lowest BCUT2D eigenvalue weighted by Crippen LogP contribution is -1.90. The highest BCUT2D eigenvalue weighted by Crippen LogP contribution is 2.39. The van der Waals surface area contributed by atoms with E-state index >= 15 is 0 Å². The molecule has 4 heteroatoms. The van der Waals surface area contributed by atoms with Crippen LogP contribution in [0.2, 0.25) is 10.0 Å². The highest BCUT2D eigenvalue weighted by molar-refractivity contribution is 6.37. The quantitative estimate of drug-likeness (QED) is 0.787. The molecule has 0 atom stereocenters. The Morgan fingerprint density at radius 3 is 2.07 bits per heavy atom. The molecule has 1 aromatic rings. The lowest BCUT2D eigenvalue weighted by atomic mass is 10.1. The molecule has 84 valence electrons. The molecule has 15 heavy (non-hydrogen) atoms. The Bertz CT molecular complexity index is 325. The number of phenolic OH excluding ortho intramolecular Hbond substituents is 2. The summed E-state index contributed by atoms with van der Waals surface area (Å²) in [7, 11) is 0. The summed E-state index contributed by atoms with van der Waals surface area (Å²) in [6.07, 6.45) is 3.79. The average molecular weight is 249 g/mol. The summed E-state index contributed by atoms with van der Waals surface area (Å²) >= 11 is 11.8. The van der Waals surface area contributed by atoms with Gasteiger partial charge in [-0.15, -0.1) is 0 Å². The molecule has 0 heterocycles. The molecule has 0 bridgehead atoms. The molecule has 0 spiro atoms. The fourth-order valence-corrected chi connectivity index (χ4v) is 1.97. The Kier molecular flexibility index (Phi) is 4.55. The number of aromatic hydroxyl groups is 2. The zero-order chi connectivity index (χ0) is 11.4. The third-order valence-corrected chi connectivity index (χ3v) is 3.13. The smallest absolute Gasteiger partial charge is 0.138 e. The highest BCUT2D eigenvalue weighted by atomic mass is 35.5. The van der Waals surface area contributed by atoms with Crippen LogP contribution in [0, 0.1) is 0 Å². The van der Waals surface area contributed by atoms with E-state index in [0.29, 0.717) is 12.0 Å². The van der Waals surface area contributed by atoms with Crippen molar-refractivity contribution in [2.24, 2.45) is 0 Å². The predicted octanol–water partition coefficient (Wildman–Crippen LogP) is 4.14.